The molecule has 1 aromatic carbocycles. The van der Waals surface area contributed by atoms with Crippen LogP contribution in [0.3, 0.4) is 0 Å². The maximum atomic E-state index is 8.64. The Balaban J connectivity index is 1.97. The number of nitrogens with zero attached hydrogens (tertiary/aromatic N) is 2. The Morgan fingerprint density at radius 3 is 2.69 bits per heavy atom. The van der Waals surface area contributed by atoms with E-state index in [0.717, 1.165) is 15.6 Å². The minimum Gasteiger partial charge on any atom is -0.488 e. The average molecular weight is 230 g/mol. The van der Waals surface area contributed by atoms with Crippen LogP contribution < -0.4 is 4.74 Å². The van der Waals surface area contributed by atoms with E-state index in [1.54, 1.807) is 35.6 Å². The molecule has 0 unspecified atom stereocenters. The highest BCUT2D eigenvalue weighted by molar-refractivity contribution is 7.11. The van der Waals surface area contributed by atoms with Gasteiger partial charge in [-0.2, -0.15) is 5.26 Å². The first-order chi connectivity index (χ1) is 7.78. The van der Waals surface area contributed by atoms with Crippen LogP contribution in [0.1, 0.15) is 15.4 Å². The van der Waals surface area contributed by atoms with Gasteiger partial charge in [-0.1, -0.05) is 0 Å². The third-order valence-electron chi connectivity index (χ3n) is 2.03. The summed E-state index contributed by atoms with van der Waals surface area (Å²) in [5.74, 6) is 0.769. The van der Waals surface area contributed by atoms with E-state index >= 15 is 0 Å². The summed E-state index contributed by atoms with van der Waals surface area (Å²) in [4.78, 5) is 5.25. The number of aryl methyl sites for hydroxylation is 1. The van der Waals surface area contributed by atoms with Crippen molar-refractivity contribution in [3.8, 4) is 11.8 Å². The SMILES string of the molecule is Cc1ncc(COc2ccc(C#N)cc2)s1. The van der Waals surface area contributed by atoms with Crippen molar-refractivity contribution in [2.75, 3.05) is 0 Å². The second-order valence-electron chi connectivity index (χ2n) is 3.27. The first-order valence-electron chi connectivity index (χ1n) is 4.82. The summed E-state index contributed by atoms with van der Waals surface area (Å²) in [6, 6.07) is 9.15. The lowest BCUT2D eigenvalue weighted by Crippen LogP contribution is -1.92. The smallest absolute Gasteiger partial charge is 0.124 e. The Labute approximate surface area is 97.9 Å². The van der Waals surface area contributed by atoms with Crippen LogP contribution in [-0.2, 0) is 6.61 Å². The van der Waals surface area contributed by atoms with Crippen LogP contribution in [0.15, 0.2) is 30.5 Å². The van der Waals surface area contributed by atoms with Gasteiger partial charge in [-0.3, -0.25) is 0 Å². The second-order valence-corrected chi connectivity index (χ2v) is 4.59. The first kappa shape index (κ1) is 10.7. The molecule has 2 rings (SSSR count). The van der Waals surface area contributed by atoms with E-state index in [4.69, 9.17) is 10.00 Å². The molecule has 1 aromatic heterocycles. The molecule has 0 N–H and O–H groups in total. The molecule has 0 radical (unpaired) electrons. The van der Waals surface area contributed by atoms with Crippen molar-refractivity contribution in [3.63, 3.8) is 0 Å². The Hall–Kier alpha value is -1.86. The van der Waals surface area contributed by atoms with Crippen molar-refractivity contribution in [1.29, 1.82) is 5.26 Å². The summed E-state index contributed by atoms with van der Waals surface area (Å²) < 4.78 is 5.57. The maximum absolute atomic E-state index is 8.64. The number of ether oxygens (including phenoxy) is 1. The summed E-state index contributed by atoms with van der Waals surface area (Å²) in [6.07, 6.45) is 1.82. The Kier molecular flexibility index (Phi) is 3.18. The Morgan fingerprint density at radius 1 is 1.38 bits per heavy atom. The Bertz CT molecular complexity index is 511. The molecule has 3 nitrogen and oxygen atoms in total. The van der Waals surface area contributed by atoms with Crippen molar-refractivity contribution < 1.29 is 4.74 Å². The van der Waals surface area contributed by atoms with Gasteiger partial charge in [0.2, 0.25) is 0 Å². The van der Waals surface area contributed by atoms with Crippen LogP contribution in [0.5, 0.6) is 5.75 Å². The van der Waals surface area contributed by atoms with Gasteiger partial charge in [-0.05, 0) is 31.2 Å². The van der Waals surface area contributed by atoms with Crippen LogP contribution in [0.2, 0.25) is 0 Å². The maximum Gasteiger partial charge on any atom is 0.124 e. The monoisotopic (exact) mass is 230 g/mol. The van der Waals surface area contributed by atoms with E-state index in [-0.39, 0.29) is 0 Å². The summed E-state index contributed by atoms with van der Waals surface area (Å²) in [7, 11) is 0. The molecule has 0 saturated carbocycles. The van der Waals surface area contributed by atoms with E-state index in [1.807, 2.05) is 13.1 Å². The number of benzene rings is 1. The minimum absolute atomic E-state index is 0.525. The molecule has 0 saturated heterocycles. The highest BCUT2D eigenvalue weighted by Crippen LogP contribution is 2.16. The number of aromatic nitrogens is 1. The fraction of sp³-hybridized carbons (Fsp3) is 0.167. The fourth-order valence-electron chi connectivity index (χ4n) is 1.25. The van der Waals surface area contributed by atoms with E-state index < -0.39 is 0 Å². The summed E-state index contributed by atoms with van der Waals surface area (Å²) in [5, 5.41) is 9.68. The quantitative estimate of drug-likeness (QED) is 0.814. The van der Waals surface area contributed by atoms with Crippen molar-refractivity contribution in [2.24, 2.45) is 0 Å². The van der Waals surface area contributed by atoms with Gasteiger partial charge in [0.05, 0.1) is 21.5 Å². The molecule has 4 heteroatoms. The highest BCUT2D eigenvalue weighted by atomic mass is 32.1. The lowest BCUT2D eigenvalue weighted by Gasteiger charge is -2.03. The van der Waals surface area contributed by atoms with E-state index in [1.165, 1.54) is 0 Å². The zero-order chi connectivity index (χ0) is 11.4. The van der Waals surface area contributed by atoms with E-state index in [0.29, 0.717) is 12.2 Å². The van der Waals surface area contributed by atoms with Crippen molar-refractivity contribution in [2.45, 2.75) is 13.5 Å². The molecular formula is C12H10N2OS. The average Bonchev–Trinajstić information content (AvgIpc) is 2.73. The fourth-order valence-corrected chi connectivity index (χ4v) is 1.96. The van der Waals surface area contributed by atoms with Crippen LogP contribution in [0, 0.1) is 18.3 Å². The normalized spacial score (nSPS) is 9.75. The van der Waals surface area contributed by atoms with Crippen LogP contribution in [-0.4, -0.2) is 4.98 Å². The molecular weight excluding hydrogens is 220 g/mol. The number of thiazole rings is 1. The second kappa shape index (κ2) is 4.77. The molecule has 2 aromatic rings. The molecule has 0 spiro atoms. The third kappa shape index (κ3) is 2.59. The molecule has 0 amide bonds. The number of hydrogen-bond acceptors (Lipinski definition) is 4. The third-order valence-corrected chi connectivity index (χ3v) is 2.92. The topological polar surface area (TPSA) is 45.9 Å². The number of hydrogen-bond donors (Lipinski definition) is 0. The van der Waals surface area contributed by atoms with Gasteiger partial charge >= 0.3 is 0 Å². The standard InChI is InChI=1S/C12H10N2OS/c1-9-14-7-12(16-9)8-15-11-4-2-10(6-13)3-5-11/h2-5,7H,8H2,1H3. The first-order valence-corrected chi connectivity index (χ1v) is 5.64. The number of rotatable bonds is 3. The van der Waals surface area contributed by atoms with Crippen LogP contribution >= 0.6 is 11.3 Å². The minimum atomic E-state index is 0.525. The lowest BCUT2D eigenvalue weighted by atomic mass is 10.2. The van der Waals surface area contributed by atoms with Gasteiger partial charge in [0, 0.05) is 6.20 Å². The van der Waals surface area contributed by atoms with Gasteiger partial charge < -0.3 is 4.74 Å². The largest absolute Gasteiger partial charge is 0.488 e. The number of nitriles is 1. The zero-order valence-corrected chi connectivity index (χ0v) is 9.62. The van der Waals surface area contributed by atoms with Gasteiger partial charge in [-0.15, -0.1) is 11.3 Å². The molecule has 1 heterocycles. The molecule has 16 heavy (non-hydrogen) atoms. The zero-order valence-electron chi connectivity index (χ0n) is 8.80. The van der Waals surface area contributed by atoms with Crippen molar-refractivity contribution >= 4 is 11.3 Å². The van der Waals surface area contributed by atoms with Crippen molar-refractivity contribution in [3.05, 3.63) is 45.9 Å². The van der Waals surface area contributed by atoms with Crippen molar-refractivity contribution in [1.82, 2.24) is 4.98 Å². The van der Waals surface area contributed by atoms with Gasteiger partial charge in [0.15, 0.2) is 0 Å². The molecule has 0 fully saturated rings. The summed E-state index contributed by atoms with van der Waals surface area (Å²) in [5.41, 5.74) is 0.640. The predicted molar refractivity (Wildman–Crippen MR) is 62.3 cm³/mol. The van der Waals surface area contributed by atoms with Gasteiger partial charge in [0.1, 0.15) is 12.4 Å². The lowest BCUT2D eigenvalue weighted by molar-refractivity contribution is 0.309. The summed E-state index contributed by atoms with van der Waals surface area (Å²) >= 11 is 1.63. The van der Waals surface area contributed by atoms with Gasteiger partial charge in [0.25, 0.3) is 0 Å². The Morgan fingerprint density at radius 2 is 2.12 bits per heavy atom. The molecule has 0 atom stereocenters. The van der Waals surface area contributed by atoms with Crippen LogP contribution in [0.25, 0.3) is 0 Å². The molecule has 0 aliphatic carbocycles. The van der Waals surface area contributed by atoms with Crippen LogP contribution in [0.4, 0.5) is 0 Å². The van der Waals surface area contributed by atoms with Gasteiger partial charge in [-0.25, -0.2) is 4.98 Å². The molecule has 0 aliphatic heterocycles. The van der Waals surface area contributed by atoms with E-state index in [2.05, 4.69) is 11.1 Å². The van der Waals surface area contributed by atoms with E-state index in [9.17, 15) is 0 Å². The highest BCUT2D eigenvalue weighted by Gasteiger charge is 1.99. The molecule has 0 bridgehead atoms. The predicted octanol–water partition coefficient (Wildman–Crippen LogP) is 2.90. The molecule has 0 aliphatic rings. The molecule has 80 valence electrons. The summed E-state index contributed by atoms with van der Waals surface area (Å²) in [6.45, 7) is 2.49.